The van der Waals surface area contributed by atoms with E-state index < -0.39 is 0 Å². The SMILES string of the molecule is CCCNC(=O)Cc1csc(-c2cccc(CN)c2)n1. The Morgan fingerprint density at radius 1 is 1.45 bits per heavy atom. The number of carbonyl (C=O) groups excluding carboxylic acids is 1. The van der Waals surface area contributed by atoms with Crippen LogP contribution in [-0.4, -0.2) is 17.4 Å². The molecule has 0 saturated carbocycles. The number of amides is 1. The second-order valence-corrected chi connectivity index (χ2v) is 5.43. The number of hydrogen-bond donors (Lipinski definition) is 2. The van der Waals surface area contributed by atoms with Crippen molar-refractivity contribution in [3.63, 3.8) is 0 Å². The highest BCUT2D eigenvalue weighted by atomic mass is 32.1. The number of rotatable bonds is 6. The lowest BCUT2D eigenvalue weighted by Crippen LogP contribution is -2.25. The molecule has 0 aliphatic rings. The summed E-state index contributed by atoms with van der Waals surface area (Å²) in [7, 11) is 0. The summed E-state index contributed by atoms with van der Waals surface area (Å²) in [6.45, 7) is 3.27. The molecule has 0 aliphatic carbocycles. The minimum atomic E-state index is 0.0272. The fourth-order valence-corrected chi connectivity index (χ4v) is 2.66. The van der Waals surface area contributed by atoms with E-state index in [1.807, 2.05) is 36.6 Å². The van der Waals surface area contributed by atoms with Crippen LogP contribution in [0.4, 0.5) is 0 Å². The quantitative estimate of drug-likeness (QED) is 0.857. The Balaban J connectivity index is 2.06. The van der Waals surface area contributed by atoms with Gasteiger partial charge in [0.25, 0.3) is 0 Å². The van der Waals surface area contributed by atoms with Crippen molar-refractivity contribution in [2.24, 2.45) is 5.73 Å². The molecule has 4 nitrogen and oxygen atoms in total. The third kappa shape index (κ3) is 3.88. The minimum Gasteiger partial charge on any atom is -0.356 e. The summed E-state index contributed by atoms with van der Waals surface area (Å²) < 4.78 is 0. The van der Waals surface area contributed by atoms with Crippen LogP contribution in [0.2, 0.25) is 0 Å². The lowest BCUT2D eigenvalue weighted by molar-refractivity contribution is -0.120. The van der Waals surface area contributed by atoms with Crippen molar-refractivity contribution in [3.8, 4) is 10.6 Å². The van der Waals surface area contributed by atoms with Crippen LogP contribution >= 0.6 is 11.3 Å². The maximum absolute atomic E-state index is 11.7. The van der Waals surface area contributed by atoms with E-state index in [9.17, 15) is 4.79 Å². The van der Waals surface area contributed by atoms with Crippen molar-refractivity contribution in [2.75, 3.05) is 6.54 Å². The Morgan fingerprint density at radius 2 is 2.30 bits per heavy atom. The summed E-state index contributed by atoms with van der Waals surface area (Å²) in [4.78, 5) is 16.2. The summed E-state index contributed by atoms with van der Waals surface area (Å²) in [6.07, 6.45) is 1.28. The Bertz CT molecular complexity index is 580. The molecule has 1 aromatic heterocycles. The van der Waals surface area contributed by atoms with E-state index in [0.29, 0.717) is 19.5 Å². The first-order valence-corrected chi connectivity index (χ1v) is 7.61. The summed E-state index contributed by atoms with van der Waals surface area (Å²) in [5.41, 5.74) is 8.60. The van der Waals surface area contributed by atoms with Crippen molar-refractivity contribution in [1.29, 1.82) is 0 Å². The molecule has 0 spiro atoms. The molecular formula is C15H19N3OS. The first-order valence-electron chi connectivity index (χ1n) is 6.73. The van der Waals surface area contributed by atoms with Crippen LogP contribution < -0.4 is 11.1 Å². The van der Waals surface area contributed by atoms with Gasteiger partial charge in [-0.3, -0.25) is 4.79 Å². The minimum absolute atomic E-state index is 0.0272. The van der Waals surface area contributed by atoms with Gasteiger partial charge in [0.15, 0.2) is 0 Å². The normalized spacial score (nSPS) is 10.5. The number of nitrogens with zero attached hydrogens (tertiary/aromatic N) is 1. The molecular weight excluding hydrogens is 270 g/mol. The van der Waals surface area contributed by atoms with Crippen molar-refractivity contribution in [2.45, 2.75) is 26.3 Å². The first-order chi connectivity index (χ1) is 9.72. The van der Waals surface area contributed by atoms with Crippen LogP contribution in [0.5, 0.6) is 0 Å². The van der Waals surface area contributed by atoms with Crippen LogP contribution in [0, 0.1) is 0 Å². The number of hydrogen-bond acceptors (Lipinski definition) is 4. The summed E-state index contributed by atoms with van der Waals surface area (Å²) in [6, 6.07) is 8.03. The van der Waals surface area contributed by atoms with E-state index in [1.165, 1.54) is 0 Å². The predicted octanol–water partition coefficient (Wildman–Crippen LogP) is 2.34. The first kappa shape index (κ1) is 14.7. The maximum Gasteiger partial charge on any atom is 0.226 e. The molecule has 0 radical (unpaired) electrons. The maximum atomic E-state index is 11.7. The molecule has 0 unspecified atom stereocenters. The van der Waals surface area contributed by atoms with Crippen molar-refractivity contribution in [1.82, 2.24) is 10.3 Å². The Kier molecular flexibility index (Phi) is 5.26. The molecule has 2 rings (SSSR count). The highest BCUT2D eigenvalue weighted by Crippen LogP contribution is 2.24. The van der Waals surface area contributed by atoms with Crippen LogP contribution in [0.1, 0.15) is 24.6 Å². The molecule has 1 amide bonds. The molecule has 0 fully saturated rings. The van der Waals surface area contributed by atoms with Gasteiger partial charge in [-0.1, -0.05) is 25.1 Å². The van der Waals surface area contributed by atoms with Gasteiger partial charge >= 0.3 is 0 Å². The van der Waals surface area contributed by atoms with Crippen molar-refractivity contribution < 1.29 is 4.79 Å². The van der Waals surface area contributed by atoms with Crippen LogP contribution in [-0.2, 0) is 17.8 Å². The number of carbonyl (C=O) groups is 1. The van der Waals surface area contributed by atoms with Crippen LogP contribution in [0.3, 0.4) is 0 Å². The van der Waals surface area contributed by atoms with Crippen LogP contribution in [0.25, 0.3) is 10.6 Å². The molecule has 20 heavy (non-hydrogen) atoms. The molecule has 106 valence electrons. The molecule has 0 atom stereocenters. The Morgan fingerprint density at radius 3 is 3.05 bits per heavy atom. The number of nitrogens with one attached hydrogen (secondary N) is 1. The second kappa shape index (κ2) is 7.17. The summed E-state index contributed by atoms with van der Waals surface area (Å²) >= 11 is 1.56. The number of nitrogens with two attached hydrogens (primary N) is 1. The molecule has 0 bridgehead atoms. The van der Waals surface area contributed by atoms with Crippen molar-refractivity contribution in [3.05, 3.63) is 40.9 Å². The molecule has 5 heteroatoms. The second-order valence-electron chi connectivity index (χ2n) is 4.58. The fourth-order valence-electron chi connectivity index (χ4n) is 1.84. The van der Waals surface area contributed by atoms with Gasteiger partial charge in [0.1, 0.15) is 5.01 Å². The summed E-state index contributed by atoms with van der Waals surface area (Å²) in [5, 5.41) is 5.73. The average Bonchev–Trinajstić information content (AvgIpc) is 2.93. The van der Waals surface area contributed by atoms with E-state index >= 15 is 0 Å². The highest BCUT2D eigenvalue weighted by molar-refractivity contribution is 7.13. The zero-order valence-electron chi connectivity index (χ0n) is 11.6. The van der Waals surface area contributed by atoms with E-state index in [1.54, 1.807) is 11.3 Å². The van der Waals surface area contributed by atoms with Crippen LogP contribution in [0.15, 0.2) is 29.6 Å². The monoisotopic (exact) mass is 289 g/mol. The van der Waals surface area contributed by atoms with E-state index in [0.717, 1.165) is 28.2 Å². The molecule has 1 aromatic carbocycles. The Labute approximate surface area is 123 Å². The van der Waals surface area contributed by atoms with Crippen molar-refractivity contribution >= 4 is 17.2 Å². The van der Waals surface area contributed by atoms with E-state index in [4.69, 9.17) is 5.73 Å². The lowest BCUT2D eigenvalue weighted by atomic mass is 10.1. The smallest absolute Gasteiger partial charge is 0.226 e. The van der Waals surface area contributed by atoms with Gasteiger partial charge in [0.05, 0.1) is 12.1 Å². The largest absolute Gasteiger partial charge is 0.356 e. The third-order valence-electron chi connectivity index (χ3n) is 2.88. The van der Waals surface area contributed by atoms with Gasteiger partial charge in [0, 0.05) is 24.0 Å². The molecule has 3 N–H and O–H groups in total. The van der Waals surface area contributed by atoms with Gasteiger partial charge in [0.2, 0.25) is 5.91 Å². The lowest BCUT2D eigenvalue weighted by Gasteiger charge is -2.01. The van der Waals surface area contributed by atoms with E-state index in [2.05, 4.69) is 10.3 Å². The predicted molar refractivity (Wildman–Crippen MR) is 82.4 cm³/mol. The molecule has 0 aliphatic heterocycles. The number of thiazole rings is 1. The highest BCUT2D eigenvalue weighted by Gasteiger charge is 2.08. The van der Waals surface area contributed by atoms with E-state index in [-0.39, 0.29) is 5.91 Å². The van der Waals surface area contributed by atoms with Gasteiger partial charge in [-0.05, 0) is 18.1 Å². The topological polar surface area (TPSA) is 68.0 Å². The van der Waals surface area contributed by atoms with Gasteiger partial charge < -0.3 is 11.1 Å². The number of benzene rings is 1. The fraction of sp³-hybridized carbons (Fsp3) is 0.333. The van der Waals surface area contributed by atoms with Gasteiger partial charge in [-0.2, -0.15) is 0 Å². The summed E-state index contributed by atoms with van der Waals surface area (Å²) in [5.74, 6) is 0.0272. The zero-order chi connectivity index (χ0) is 14.4. The van der Waals surface area contributed by atoms with Gasteiger partial charge in [-0.25, -0.2) is 4.98 Å². The zero-order valence-corrected chi connectivity index (χ0v) is 12.4. The van der Waals surface area contributed by atoms with Gasteiger partial charge in [-0.15, -0.1) is 11.3 Å². The number of aromatic nitrogens is 1. The Hall–Kier alpha value is -1.72. The third-order valence-corrected chi connectivity index (χ3v) is 3.82. The molecule has 2 aromatic rings. The standard InChI is InChI=1S/C15H19N3OS/c1-2-6-17-14(19)8-13-10-20-15(18-13)12-5-3-4-11(7-12)9-16/h3-5,7,10H,2,6,8-9,16H2,1H3,(H,17,19). The molecule has 1 heterocycles. The average molecular weight is 289 g/mol. The molecule has 0 saturated heterocycles.